The summed E-state index contributed by atoms with van der Waals surface area (Å²) < 4.78 is 14.2. The largest absolute Gasteiger partial charge is 0.480 e. The van der Waals surface area contributed by atoms with Gasteiger partial charge in [-0.15, -0.1) is 0 Å². The van der Waals surface area contributed by atoms with Gasteiger partial charge in [0.25, 0.3) is 0 Å². The Morgan fingerprint density at radius 2 is 2.37 bits per heavy atom. The molecule has 0 aliphatic rings. The zero-order valence-corrected chi connectivity index (χ0v) is 11.5. The van der Waals surface area contributed by atoms with Gasteiger partial charge in [-0.1, -0.05) is 27.1 Å². The van der Waals surface area contributed by atoms with E-state index in [-0.39, 0.29) is 12.1 Å². The lowest BCUT2D eigenvalue weighted by molar-refractivity contribution is -0.139. The zero-order valence-electron chi connectivity index (χ0n) is 9.88. The van der Waals surface area contributed by atoms with E-state index in [0.717, 1.165) is 0 Å². The molecule has 0 fully saturated rings. The van der Waals surface area contributed by atoms with Gasteiger partial charge in [0.2, 0.25) is 0 Å². The molecule has 0 amide bonds. The molecule has 0 aromatic heterocycles. The quantitative estimate of drug-likeness (QED) is 0.348. The summed E-state index contributed by atoms with van der Waals surface area (Å²) >= 11 is 3.11. The normalized spacial score (nSPS) is 11.7. The molecule has 2 N–H and O–H groups in total. The molecule has 1 aromatic carbocycles. The van der Waals surface area contributed by atoms with Gasteiger partial charge in [-0.05, 0) is 30.6 Å². The number of hydrogen-bond donors (Lipinski definition) is 2. The molecule has 0 spiro atoms. The third-order valence-electron chi connectivity index (χ3n) is 2.37. The zero-order chi connectivity index (χ0) is 14.3. The van der Waals surface area contributed by atoms with Crippen LogP contribution in [0.3, 0.4) is 0 Å². The maximum atomic E-state index is 13.7. The van der Waals surface area contributed by atoms with E-state index in [2.05, 4.69) is 31.3 Å². The number of carbonyl (C=O) groups is 1. The Labute approximate surface area is 117 Å². The molecule has 0 saturated carbocycles. The number of nitrogens with one attached hydrogen (secondary N) is 1. The van der Waals surface area contributed by atoms with Gasteiger partial charge in [0.1, 0.15) is 11.9 Å². The van der Waals surface area contributed by atoms with Crippen LogP contribution in [0, 0.1) is 5.82 Å². The molecule has 102 valence electrons. The van der Waals surface area contributed by atoms with Crippen molar-refractivity contribution in [1.82, 2.24) is 5.32 Å². The second-order valence-corrected chi connectivity index (χ2v) is 4.61. The molecule has 1 unspecified atom stereocenters. The van der Waals surface area contributed by atoms with Crippen molar-refractivity contribution < 1.29 is 14.3 Å². The van der Waals surface area contributed by atoms with Crippen LogP contribution in [-0.2, 0) is 4.79 Å². The van der Waals surface area contributed by atoms with Crippen molar-refractivity contribution in [2.24, 2.45) is 5.11 Å². The number of aliphatic carboxylic acids is 1. The van der Waals surface area contributed by atoms with Crippen LogP contribution in [0.2, 0.25) is 0 Å². The highest BCUT2D eigenvalue weighted by Crippen LogP contribution is 2.21. The van der Waals surface area contributed by atoms with Crippen LogP contribution in [0.15, 0.2) is 27.8 Å². The molecule has 8 heteroatoms. The first kappa shape index (κ1) is 15.4. The van der Waals surface area contributed by atoms with Gasteiger partial charge in [-0.3, -0.25) is 4.79 Å². The van der Waals surface area contributed by atoms with E-state index in [1.807, 2.05) is 0 Å². The first-order valence-corrected chi connectivity index (χ1v) is 6.27. The van der Waals surface area contributed by atoms with Crippen molar-refractivity contribution in [2.45, 2.75) is 12.5 Å². The highest BCUT2D eigenvalue weighted by Gasteiger charge is 2.22. The second-order valence-electron chi connectivity index (χ2n) is 3.70. The second kappa shape index (κ2) is 7.73. The summed E-state index contributed by atoms with van der Waals surface area (Å²) in [6.45, 7) is 0.574. The summed E-state index contributed by atoms with van der Waals surface area (Å²) in [6, 6.07) is 3.08. The number of rotatable bonds is 7. The first-order chi connectivity index (χ1) is 9.06. The maximum absolute atomic E-state index is 13.7. The van der Waals surface area contributed by atoms with Crippen LogP contribution in [0.4, 0.5) is 4.39 Å². The molecule has 19 heavy (non-hydrogen) atoms. The van der Waals surface area contributed by atoms with Crippen LogP contribution in [-0.4, -0.2) is 24.2 Å². The number of benzene rings is 1. The Balaban J connectivity index is 2.71. The minimum absolute atomic E-state index is 0.0690. The van der Waals surface area contributed by atoms with Crippen molar-refractivity contribution >= 4 is 21.9 Å². The molecule has 1 atom stereocenters. The molecule has 6 nitrogen and oxygen atoms in total. The fourth-order valence-corrected chi connectivity index (χ4v) is 1.84. The minimum Gasteiger partial charge on any atom is -0.480 e. The van der Waals surface area contributed by atoms with Crippen molar-refractivity contribution in [2.75, 3.05) is 13.1 Å². The smallest absolute Gasteiger partial charge is 0.325 e. The van der Waals surface area contributed by atoms with Crippen LogP contribution >= 0.6 is 15.9 Å². The number of halogens is 2. The van der Waals surface area contributed by atoms with Crippen molar-refractivity contribution in [3.8, 4) is 0 Å². The highest BCUT2D eigenvalue weighted by molar-refractivity contribution is 9.10. The fraction of sp³-hybridized carbons (Fsp3) is 0.364. The van der Waals surface area contributed by atoms with Gasteiger partial charge in [0, 0.05) is 21.5 Å². The van der Waals surface area contributed by atoms with E-state index in [9.17, 15) is 9.18 Å². The molecular weight excluding hydrogens is 319 g/mol. The van der Waals surface area contributed by atoms with Gasteiger partial charge < -0.3 is 10.4 Å². The summed E-state index contributed by atoms with van der Waals surface area (Å²) in [7, 11) is 0. The number of nitrogens with zero attached hydrogens (tertiary/aromatic N) is 3. The van der Waals surface area contributed by atoms with E-state index in [1.165, 1.54) is 12.1 Å². The van der Waals surface area contributed by atoms with Crippen LogP contribution in [0.5, 0.6) is 0 Å². The van der Waals surface area contributed by atoms with Gasteiger partial charge in [0.15, 0.2) is 0 Å². The fourth-order valence-electron chi connectivity index (χ4n) is 1.51. The summed E-state index contributed by atoms with van der Waals surface area (Å²) in [4.78, 5) is 13.7. The molecule has 0 saturated heterocycles. The molecular formula is C11H12BrFN4O2. The summed E-state index contributed by atoms with van der Waals surface area (Å²) in [5.74, 6) is -1.76. The van der Waals surface area contributed by atoms with E-state index >= 15 is 0 Å². The maximum Gasteiger partial charge on any atom is 0.325 e. The Hall–Kier alpha value is -1.63. The standard InChI is InChI=1S/C11H12BrFN4O2/c12-7-2-3-8(9(13)6-7)10(11(18)19)15-4-1-5-16-17-14/h2-3,6,10,15H,1,4-5H2,(H,18,19). The molecule has 0 radical (unpaired) electrons. The average Bonchev–Trinajstić information content (AvgIpc) is 2.35. The average molecular weight is 331 g/mol. The predicted molar refractivity (Wildman–Crippen MR) is 71.1 cm³/mol. The number of azide groups is 1. The van der Waals surface area contributed by atoms with Crippen molar-refractivity contribution in [3.05, 3.63) is 44.5 Å². The lowest BCUT2D eigenvalue weighted by atomic mass is 10.1. The Bertz CT molecular complexity index is 505. The Morgan fingerprint density at radius 3 is 2.95 bits per heavy atom. The summed E-state index contributed by atoms with van der Waals surface area (Å²) in [5.41, 5.74) is 8.16. The van der Waals surface area contributed by atoms with E-state index in [4.69, 9.17) is 10.6 Å². The van der Waals surface area contributed by atoms with Gasteiger partial charge >= 0.3 is 5.97 Å². The molecule has 1 rings (SSSR count). The van der Waals surface area contributed by atoms with Gasteiger partial charge in [-0.25, -0.2) is 4.39 Å². The highest BCUT2D eigenvalue weighted by atomic mass is 79.9. The number of carboxylic acid groups (broad SMARTS) is 1. The van der Waals surface area contributed by atoms with E-state index < -0.39 is 17.8 Å². The van der Waals surface area contributed by atoms with Crippen LogP contribution in [0.1, 0.15) is 18.0 Å². The third kappa shape index (κ3) is 4.86. The minimum atomic E-state index is -1.16. The molecule has 0 heterocycles. The van der Waals surface area contributed by atoms with Gasteiger partial charge in [0.05, 0.1) is 0 Å². The molecule has 0 aliphatic heterocycles. The molecule has 0 aliphatic carbocycles. The monoisotopic (exact) mass is 330 g/mol. The van der Waals surface area contributed by atoms with Crippen LogP contribution in [0.25, 0.3) is 10.4 Å². The Morgan fingerprint density at radius 1 is 1.63 bits per heavy atom. The molecule has 1 aromatic rings. The predicted octanol–water partition coefficient (Wildman–Crippen LogP) is 3.00. The summed E-state index contributed by atoms with van der Waals surface area (Å²) in [6.07, 6.45) is 0.478. The lowest BCUT2D eigenvalue weighted by Gasteiger charge is -2.15. The third-order valence-corrected chi connectivity index (χ3v) is 2.86. The van der Waals surface area contributed by atoms with Crippen molar-refractivity contribution in [1.29, 1.82) is 0 Å². The number of carboxylic acids is 1. The lowest BCUT2D eigenvalue weighted by Crippen LogP contribution is -2.30. The first-order valence-electron chi connectivity index (χ1n) is 5.48. The summed E-state index contributed by atoms with van der Waals surface area (Å²) in [5, 5.41) is 15.1. The van der Waals surface area contributed by atoms with Crippen LogP contribution < -0.4 is 5.32 Å². The van der Waals surface area contributed by atoms with Crippen molar-refractivity contribution in [3.63, 3.8) is 0 Å². The number of hydrogen-bond acceptors (Lipinski definition) is 3. The SMILES string of the molecule is [N-]=[N+]=NCCCNC(C(=O)O)c1ccc(Br)cc1F. The van der Waals surface area contributed by atoms with E-state index in [1.54, 1.807) is 6.07 Å². The van der Waals surface area contributed by atoms with E-state index in [0.29, 0.717) is 17.4 Å². The molecule has 0 bridgehead atoms. The Kier molecular flexibility index (Phi) is 6.27. The topological polar surface area (TPSA) is 98.1 Å². The van der Waals surface area contributed by atoms with Gasteiger partial charge in [-0.2, -0.15) is 0 Å².